The third-order valence-electron chi connectivity index (χ3n) is 3.05. The van der Waals surface area contributed by atoms with Crippen LogP contribution in [-0.2, 0) is 6.42 Å². The first kappa shape index (κ1) is 12.5. The fourth-order valence-corrected chi connectivity index (χ4v) is 1.92. The second-order valence-electron chi connectivity index (χ2n) is 4.36. The van der Waals surface area contributed by atoms with E-state index in [2.05, 4.69) is 0 Å². The molecule has 0 aliphatic heterocycles. The van der Waals surface area contributed by atoms with Crippen molar-refractivity contribution in [2.24, 2.45) is 0 Å². The van der Waals surface area contributed by atoms with Crippen molar-refractivity contribution in [2.45, 2.75) is 19.8 Å². The number of halogens is 1. The lowest BCUT2D eigenvalue weighted by Crippen LogP contribution is -2.02. The zero-order valence-electron chi connectivity index (χ0n) is 10.3. The summed E-state index contributed by atoms with van der Waals surface area (Å²) in [6.07, 6.45) is 1.18. The van der Waals surface area contributed by atoms with Gasteiger partial charge in [-0.15, -0.1) is 0 Å². The first-order chi connectivity index (χ1) is 8.66. The number of ketones is 1. The molecular formula is C16H15FO. The predicted octanol–water partition coefficient (Wildman–Crippen LogP) is 3.95. The molecule has 0 saturated heterocycles. The SMILES string of the molecule is Cc1ccccc1CCC(=O)c1ccc(F)cc1. The van der Waals surface area contributed by atoms with Crippen molar-refractivity contribution < 1.29 is 9.18 Å². The first-order valence-corrected chi connectivity index (χ1v) is 6.00. The highest BCUT2D eigenvalue weighted by Crippen LogP contribution is 2.12. The largest absolute Gasteiger partial charge is 0.294 e. The molecule has 2 heteroatoms. The van der Waals surface area contributed by atoms with Crippen molar-refractivity contribution in [1.82, 2.24) is 0 Å². The van der Waals surface area contributed by atoms with E-state index >= 15 is 0 Å². The number of hydrogen-bond acceptors (Lipinski definition) is 1. The molecule has 0 amide bonds. The minimum absolute atomic E-state index is 0.0539. The second-order valence-corrected chi connectivity index (χ2v) is 4.36. The minimum Gasteiger partial charge on any atom is -0.294 e. The number of carbonyl (C=O) groups excluding carboxylic acids is 1. The van der Waals surface area contributed by atoms with Crippen LogP contribution < -0.4 is 0 Å². The summed E-state index contributed by atoms with van der Waals surface area (Å²) in [7, 11) is 0. The van der Waals surface area contributed by atoms with Crippen LogP contribution in [0.5, 0.6) is 0 Å². The van der Waals surface area contributed by atoms with Crippen molar-refractivity contribution in [3.63, 3.8) is 0 Å². The van der Waals surface area contributed by atoms with Gasteiger partial charge in [0.15, 0.2) is 5.78 Å². The molecule has 92 valence electrons. The normalized spacial score (nSPS) is 10.3. The number of aryl methyl sites for hydroxylation is 2. The molecule has 0 radical (unpaired) electrons. The van der Waals surface area contributed by atoms with Crippen LogP contribution in [0.4, 0.5) is 4.39 Å². The third kappa shape index (κ3) is 3.04. The maximum absolute atomic E-state index is 12.7. The van der Waals surface area contributed by atoms with Gasteiger partial charge in [0, 0.05) is 12.0 Å². The van der Waals surface area contributed by atoms with Crippen molar-refractivity contribution >= 4 is 5.78 Å². The summed E-state index contributed by atoms with van der Waals surface area (Å²) in [6, 6.07) is 13.8. The van der Waals surface area contributed by atoms with Crippen LogP contribution in [0.25, 0.3) is 0 Å². The minimum atomic E-state index is -0.314. The molecule has 0 bridgehead atoms. The van der Waals surface area contributed by atoms with Gasteiger partial charge in [0.1, 0.15) is 5.82 Å². The molecule has 2 rings (SSSR count). The van der Waals surface area contributed by atoms with E-state index < -0.39 is 0 Å². The second kappa shape index (κ2) is 5.58. The molecule has 1 nitrogen and oxygen atoms in total. The Morgan fingerprint density at radius 1 is 1.06 bits per heavy atom. The molecule has 0 fully saturated rings. The quantitative estimate of drug-likeness (QED) is 0.742. The molecule has 0 aliphatic rings. The lowest BCUT2D eigenvalue weighted by molar-refractivity contribution is 0.0983. The summed E-state index contributed by atoms with van der Waals surface area (Å²) in [5.41, 5.74) is 2.96. The number of benzene rings is 2. The molecule has 0 aromatic heterocycles. The van der Waals surface area contributed by atoms with Gasteiger partial charge in [0.2, 0.25) is 0 Å². The van der Waals surface area contributed by atoms with Crippen LogP contribution in [-0.4, -0.2) is 5.78 Å². The molecule has 0 aliphatic carbocycles. The molecular weight excluding hydrogens is 227 g/mol. The Morgan fingerprint density at radius 3 is 2.39 bits per heavy atom. The van der Waals surface area contributed by atoms with E-state index in [1.54, 1.807) is 0 Å². The molecule has 0 unspecified atom stereocenters. The number of Topliss-reactive ketones (excluding diaryl/α,β-unsaturated/α-hetero) is 1. The van der Waals surface area contributed by atoms with Crippen LogP contribution in [0.3, 0.4) is 0 Å². The number of rotatable bonds is 4. The lowest BCUT2D eigenvalue weighted by Gasteiger charge is -2.05. The maximum Gasteiger partial charge on any atom is 0.163 e. The lowest BCUT2D eigenvalue weighted by atomic mass is 10.00. The molecule has 0 heterocycles. The summed E-state index contributed by atoms with van der Waals surface area (Å²) >= 11 is 0. The average Bonchev–Trinajstić information content (AvgIpc) is 2.38. The monoisotopic (exact) mass is 242 g/mol. The van der Waals surface area contributed by atoms with Crippen molar-refractivity contribution in [2.75, 3.05) is 0 Å². The number of carbonyl (C=O) groups is 1. The zero-order valence-corrected chi connectivity index (χ0v) is 10.3. The van der Waals surface area contributed by atoms with E-state index in [0.717, 1.165) is 6.42 Å². The molecule has 0 saturated carbocycles. The molecule has 2 aromatic carbocycles. The van der Waals surface area contributed by atoms with Crippen LogP contribution >= 0.6 is 0 Å². The van der Waals surface area contributed by atoms with E-state index in [1.807, 2.05) is 31.2 Å². The van der Waals surface area contributed by atoms with Gasteiger partial charge >= 0.3 is 0 Å². The van der Waals surface area contributed by atoms with E-state index in [0.29, 0.717) is 12.0 Å². The van der Waals surface area contributed by atoms with Crippen LogP contribution in [0, 0.1) is 12.7 Å². The van der Waals surface area contributed by atoms with E-state index in [4.69, 9.17) is 0 Å². The predicted molar refractivity (Wildman–Crippen MR) is 70.2 cm³/mol. The Morgan fingerprint density at radius 2 is 1.72 bits per heavy atom. The molecule has 0 spiro atoms. The van der Waals surface area contributed by atoms with E-state index in [-0.39, 0.29) is 11.6 Å². The Balaban J connectivity index is 2.01. The Kier molecular flexibility index (Phi) is 3.88. The van der Waals surface area contributed by atoms with Gasteiger partial charge in [-0.3, -0.25) is 4.79 Å². The van der Waals surface area contributed by atoms with Gasteiger partial charge in [-0.25, -0.2) is 4.39 Å². The molecule has 0 atom stereocenters. The summed E-state index contributed by atoms with van der Waals surface area (Å²) in [6.45, 7) is 2.04. The summed E-state index contributed by atoms with van der Waals surface area (Å²) in [5.74, 6) is -0.260. The highest BCUT2D eigenvalue weighted by molar-refractivity contribution is 5.96. The van der Waals surface area contributed by atoms with Gasteiger partial charge < -0.3 is 0 Å². The molecule has 0 N–H and O–H groups in total. The van der Waals surface area contributed by atoms with Crippen molar-refractivity contribution in [1.29, 1.82) is 0 Å². The fraction of sp³-hybridized carbons (Fsp3) is 0.188. The van der Waals surface area contributed by atoms with Gasteiger partial charge in [0.25, 0.3) is 0 Å². The third-order valence-corrected chi connectivity index (χ3v) is 3.05. The average molecular weight is 242 g/mol. The van der Waals surface area contributed by atoms with Crippen molar-refractivity contribution in [3.8, 4) is 0 Å². The summed E-state index contributed by atoms with van der Waals surface area (Å²) < 4.78 is 12.7. The van der Waals surface area contributed by atoms with Crippen LogP contribution in [0.15, 0.2) is 48.5 Å². The molecule has 18 heavy (non-hydrogen) atoms. The van der Waals surface area contributed by atoms with Gasteiger partial charge in [-0.1, -0.05) is 24.3 Å². The van der Waals surface area contributed by atoms with Gasteiger partial charge in [-0.2, -0.15) is 0 Å². The Hall–Kier alpha value is -1.96. The molecule has 2 aromatic rings. The maximum atomic E-state index is 12.7. The smallest absolute Gasteiger partial charge is 0.163 e. The van der Waals surface area contributed by atoms with E-state index in [9.17, 15) is 9.18 Å². The van der Waals surface area contributed by atoms with Crippen LogP contribution in [0.1, 0.15) is 27.9 Å². The van der Waals surface area contributed by atoms with Crippen molar-refractivity contribution in [3.05, 3.63) is 71.0 Å². The topological polar surface area (TPSA) is 17.1 Å². The fourth-order valence-electron chi connectivity index (χ4n) is 1.92. The first-order valence-electron chi connectivity index (χ1n) is 6.00. The Labute approximate surface area is 106 Å². The summed E-state index contributed by atoms with van der Waals surface area (Å²) in [5, 5.41) is 0. The number of hydrogen-bond donors (Lipinski definition) is 0. The standard InChI is InChI=1S/C16H15FO/c1-12-4-2-3-5-13(12)8-11-16(18)14-6-9-15(17)10-7-14/h2-7,9-10H,8,11H2,1H3. The Bertz CT molecular complexity index is 543. The van der Waals surface area contributed by atoms with Gasteiger partial charge in [-0.05, 0) is 48.7 Å². The van der Waals surface area contributed by atoms with Crippen LogP contribution in [0.2, 0.25) is 0 Å². The highest BCUT2D eigenvalue weighted by Gasteiger charge is 2.07. The summed E-state index contributed by atoms with van der Waals surface area (Å²) in [4.78, 5) is 11.9. The zero-order chi connectivity index (χ0) is 13.0. The highest BCUT2D eigenvalue weighted by atomic mass is 19.1. The van der Waals surface area contributed by atoms with E-state index in [1.165, 1.54) is 35.4 Å². The van der Waals surface area contributed by atoms with Gasteiger partial charge in [0.05, 0.1) is 0 Å².